The van der Waals surface area contributed by atoms with Crippen LogP contribution in [0.1, 0.15) is 32.6 Å². The van der Waals surface area contributed by atoms with E-state index < -0.39 is 15.8 Å². The standard InChI is InChI=1S/C16H23FN2O3S/c1-2-3-10-18-16(20)13-5-4-11-19(12-13)23(21,22)15-8-6-14(17)7-9-15/h6-9,13H,2-5,10-12H2,1H3,(H,18,20)/t13-/m0/s1. The van der Waals surface area contributed by atoms with Crippen LogP contribution in [0.25, 0.3) is 0 Å². The number of halogens is 1. The fraction of sp³-hybridized carbons (Fsp3) is 0.562. The van der Waals surface area contributed by atoms with Crippen LogP contribution in [0.4, 0.5) is 4.39 Å². The van der Waals surface area contributed by atoms with E-state index in [-0.39, 0.29) is 23.3 Å². The zero-order valence-corrected chi connectivity index (χ0v) is 14.1. The molecule has 0 saturated carbocycles. The van der Waals surface area contributed by atoms with Crippen molar-refractivity contribution in [3.63, 3.8) is 0 Å². The lowest BCUT2D eigenvalue weighted by Gasteiger charge is -2.31. The highest BCUT2D eigenvalue weighted by molar-refractivity contribution is 7.89. The van der Waals surface area contributed by atoms with Crippen molar-refractivity contribution < 1.29 is 17.6 Å². The van der Waals surface area contributed by atoms with Crippen LogP contribution in [0.15, 0.2) is 29.2 Å². The van der Waals surface area contributed by atoms with Gasteiger partial charge in [-0.15, -0.1) is 0 Å². The zero-order chi connectivity index (χ0) is 16.9. The lowest BCUT2D eigenvalue weighted by Crippen LogP contribution is -2.45. The molecule has 1 N–H and O–H groups in total. The van der Waals surface area contributed by atoms with E-state index >= 15 is 0 Å². The van der Waals surface area contributed by atoms with Gasteiger partial charge in [0.05, 0.1) is 10.8 Å². The molecule has 0 bridgehead atoms. The number of carbonyl (C=O) groups excluding carboxylic acids is 1. The van der Waals surface area contributed by atoms with Gasteiger partial charge in [-0.05, 0) is 43.5 Å². The van der Waals surface area contributed by atoms with E-state index in [1.165, 1.54) is 16.4 Å². The third kappa shape index (κ3) is 4.51. The number of hydrogen-bond donors (Lipinski definition) is 1. The van der Waals surface area contributed by atoms with Crippen molar-refractivity contribution in [1.82, 2.24) is 9.62 Å². The molecule has 1 fully saturated rings. The van der Waals surface area contributed by atoms with Gasteiger partial charge in [0.25, 0.3) is 0 Å². The molecule has 0 unspecified atom stereocenters. The lowest BCUT2D eigenvalue weighted by molar-refractivity contribution is -0.126. The third-order valence-electron chi connectivity index (χ3n) is 4.04. The van der Waals surface area contributed by atoms with Gasteiger partial charge < -0.3 is 5.32 Å². The molecule has 128 valence electrons. The fourth-order valence-electron chi connectivity index (χ4n) is 2.66. The number of sulfonamides is 1. The largest absolute Gasteiger partial charge is 0.356 e. The normalized spacial score (nSPS) is 19.5. The molecule has 1 amide bonds. The van der Waals surface area contributed by atoms with Crippen molar-refractivity contribution in [3.8, 4) is 0 Å². The maximum atomic E-state index is 13.0. The van der Waals surface area contributed by atoms with Crippen LogP contribution in [0.3, 0.4) is 0 Å². The second-order valence-corrected chi connectivity index (χ2v) is 7.74. The minimum atomic E-state index is -3.68. The molecule has 0 spiro atoms. The maximum absolute atomic E-state index is 13.0. The minimum absolute atomic E-state index is 0.0611. The molecular formula is C16H23FN2O3S. The number of rotatable bonds is 6. The molecule has 1 aliphatic rings. The first kappa shape index (κ1) is 17.9. The number of nitrogens with one attached hydrogen (secondary N) is 1. The van der Waals surface area contributed by atoms with Crippen molar-refractivity contribution >= 4 is 15.9 Å². The topological polar surface area (TPSA) is 66.5 Å². The van der Waals surface area contributed by atoms with Gasteiger partial charge in [0.15, 0.2) is 0 Å². The highest BCUT2D eigenvalue weighted by Gasteiger charge is 2.33. The van der Waals surface area contributed by atoms with Gasteiger partial charge in [-0.1, -0.05) is 13.3 Å². The Balaban J connectivity index is 2.05. The molecule has 0 aliphatic carbocycles. The van der Waals surface area contributed by atoms with Crippen molar-refractivity contribution in [2.45, 2.75) is 37.5 Å². The van der Waals surface area contributed by atoms with E-state index in [0.717, 1.165) is 25.0 Å². The molecule has 1 heterocycles. The van der Waals surface area contributed by atoms with Crippen LogP contribution in [0.5, 0.6) is 0 Å². The fourth-order valence-corrected chi connectivity index (χ4v) is 4.19. The summed E-state index contributed by atoms with van der Waals surface area (Å²) in [5.41, 5.74) is 0. The first-order chi connectivity index (χ1) is 10.9. The molecule has 23 heavy (non-hydrogen) atoms. The van der Waals surface area contributed by atoms with Crippen LogP contribution in [-0.2, 0) is 14.8 Å². The van der Waals surface area contributed by atoms with Crippen molar-refractivity contribution in [1.29, 1.82) is 0 Å². The summed E-state index contributed by atoms with van der Waals surface area (Å²) in [7, 11) is -3.68. The average molecular weight is 342 g/mol. The molecule has 2 rings (SSSR count). The summed E-state index contributed by atoms with van der Waals surface area (Å²) in [6, 6.07) is 4.78. The van der Waals surface area contributed by atoms with Gasteiger partial charge in [0, 0.05) is 19.6 Å². The quantitative estimate of drug-likeness (QED) is 0.806. The van der Waals surface area contributed by atoms with Crippen LogP contribution in [0, 0.1) is 11.7 Å². The molecular weight excluding hydrogens is 319 g/mol. The van der Waals surface area contributed by atoms with Gasteiger partial charge in [-0.25, -0.2) is 12.8 Å². The second kappa shape index (κ2) is 7.88. The van der Waals surface area contributed by atoms with E-state index in [1.54, 1.807) is 0 Å². The van der Waals surface area contributed by atoms with Crippen LogP contribution < -0.4 is 5.32 Å². The average Bonchev–Trinajstić information content (AvgIpc) is 2.55. The summed E-state index contributed by atoms with van der Waals surface area (Å²) < 4.78 is 39.5. The molecule has 1 aromatic carbocycles. The summed E-state index contributed by atoms with van der Waals surface area (Å²) in [4.78, 5) is 12.2. The second-order valence-electron chi connectivity index (χ2n) is 5.80. The Bertz CT molecular complexity index is 631. The Hall–Kier alpha value is -1.47. The van der Waals surface area contributed by atoms with Crippen molar-refractivity contribution in [3.05, 3.63) is 30.1 Å². The predicted molar refractivity (Wildman–Crippen MR) is 85.8 cm³/mol. The van der Waals surface area contributed by atoms with Gasteiger partial charge >= 0.3 is 0 Å². The van der Waals surface area contributed by atoms with Crippen molar-refractivity contribution in [2.75, 3.05) is 19.6 Å². The Morgan fingerprint density at radius 3 is 2.70 bits per heavy atom. The lowest BCUT2D eigenvalue weighted by atomic mass is 9.99. The SMILES string of the molecule is CCCCNC(=O)[C@H]1CCCN(S(=O)(=O)c2ccc(F)cc2)C1. The van der Waals surface area contributed by atoms with Crippen LogP contribution in [0.2, 0.25) is 0 Å². The number of hydrogen-bond acceptors (Lipinski definition) is 3. The summed E-state index contributed by atoms with van der Waals surface area (Å²) in [5.74, 6) is -0.885. The van der Waals surface area contributed by atoms with Crippen LogP contribution in [-0.4, -0.2) is 38.3 Å². The molecule has 7 heteroatoms. The Morgan fingerprint density at radius 1 is 1.35 bits per heavy atom. The number of amides is 1. The van der Waals surface area contributed by atoms with Gasteiger partial charge in [0.2, 0.25) is 15.9 Å². The van der Waals surface area contributed by atoms with E-state index in [4.69, 9.17) is 0 Å². The maximum Gasteiger partial charge on any atom is 0.243 e. The van der Waals surface area contributed by atoms with E-state index in [1.807, 2.05) is 6.92 Å². The Kier molecular flexibility index (Phi) is 6.12. The summed E-state index contributed by atoms with van der Waals surface area (Å²) in [5, 5.41) is 2.86. The molecule has 0 aromatic heterocycles. The van der Waals surface area contributed by atoms with Crippen LogP contribution >= 0.6 is 0 Å². The minimum Gasteiger partial charge on any atom is -0.356 e. The summed E-state index contributed by atoms with van der Waals surface area (Å²) in [6.45, 7) is 3.23. The molecule has 1 aliphatic heterocycles. The van der Waals surface area contributed by atoms with Gasteiger partial charge in [-0.2, -0.15) is 4.31 Å². The van der Waals surface area contributed by atoms with E-state index in [9.17, 15) is 17.6 Å². The monoisotopic (exact) mass is 342 g/mol. The summed E-state index contributed by atoms with van der Waals surface area (Å²) >= 11 is 0. The Morgan fingerprint density at radius 2 is 2.04 bits per heavy atom. The number of carbonyl (C=O) groups is 1. The zero-order valence-electron chi connectivity index (χ0n) is 13.3. The summed E-state index contributed by atoms with van der Waals surface area (Å²) in [6.07, 6.45) is 3.24. The van der Waals surface area contributed by atoms with E-state index in [2.05, 4.69) is 5.32 Å². The molecule has 5 nitrogen and oxygen atoms in total. The number of piperidine rings is 1. The molecule has 0 radical (unpaired) electrons. The van der Waals surface area contributed by atoms with Crippen molar-refractivity contribution in [2.24, 2.45) is 5.92 Å². The van der Waals surface area contributed by atoms with Gasteiger partial charge in [-0.3, -0.25) is 4.79 Å². The van der Waals surface area contributed by atoms with E-state index in [0.29, 0.717) is 25.9 Å². The number of nitrogens with zero attached hydrogens (tertiary/aromatic N) is 1. The number of unbranched alkanes of at least 4 members (excludes halogenated alkanes) is 1. The number of benzene rings is 1. The predicted octanol–water partition coefficient (Wildman–Crippen LogP) is 2.14. The molecule has 1 saturated heterocycles. The first-order valence-electron chi connectivity index (χ1n) is 7.98. The highest BCUT2D eigenvalue weighted by Crippen LogP contribution is 2.24. The molecule has 1 aromatic rings. The molecule has 1 atom stereocenters. The smallest absolute Gasteiger partial charge is 0.243 e. The third-order valence-corrected chi connectivity index (χ3v) is 5.92. The highest BCUT2D eigenvalue weighted by atomic mass is 32.2. The first-order valence-corrected chi connectivity index (χ1v) is 9.42. The van der Waals surface area contributed by atoms with Gasteiger partial charge in [0.1, 0.15) is 5.82 Å². The Labute approximate surface area is 136 Å².